The highest BCUT2D eigenvalue weighted by Crippen LogP contribution is 2.25. The number of hydrazine groups is 1. The van der Waals surface area contributed by atoms with Crippen molar-refractivity contribution < 1.29 is 9.72 Å². The van der Waals surface area contributed by atoms with Crippen LogP contribution in [-0.2, 0) is 4.79 Å². The smallest absolute Gasteiger partial charge is 0.329 e. The molecule has 1 heterocycles. The normalized spacial score (nSPS) is 9.95. The van der Waals surface area contributed by atoms with E-state index in [0.29, 0.717) is 13.0 Å². The van der Waals surface area contributed by atoms with Gasteiger partial charge in [-0.05, 0) is 6.42 Å². The van der Waals surface area contributed by atoms with Crippen LogP contribution in [-0.4, -0.2) is 40.9 Å². The Morgan fingerprint density at radius 1 is 1.60 bits per heavy atom. The third kappa shape index (κ3) is 3.75. The highest BCUT2D eigenvalue weighted by molar-refractivity contribution is 5.81. The number of nitrogens with zero attached hydrogens (tertiary/aromatic N) is 4. The quantitative estimate of drug-likeness (QED) is 0.350. The topological polar surface area (TPSA) is 139 Å². The Labute approximate surface area is 115 Å². The fraction of sp³-hybridized carbons (Fsp3) is 0.500. The van der Waals surface area contributed by atoms with E-state index < -0.39 is 4.92 Å². The fourth-order valence-electron chi connectivity index (χ4n) is 1.58. The molecule has 0 atom stereocenters. The zero-order valence-electron chi connectivity index (χ0n) is 11.3. The van der Waals surface area contributed by atoms with Gasteiger partial charge in [-0.15, -0.1) is 0 Å². The van der Waals surface area contributed by atoms with E-state index in [1.54, 1.807) is 0 Å². The first-order chi connectivity index (χ1) is 9.53. The van der Waals surface area contributed by atoms with Crippen LogP contribution in [0.2, 0.25) is 0 Å². The van der Waals surface area contributed by atoms with Crippen molar-refractivity contribution in [1.82, 2.24) is 15.3 Å². The van der Waals surface area contributed by atoms with E-state index in [1.165, 1.54) is 11.9 Å². The second-order valence-corrected chi connectivity index (χ2v) is 3.90. The van der Waals surface area contributed by atoms with Crippen LogP contribution in [0.5, 0.6) is 0 Å². The Morgan fingerprint density at radius 3 is 2.80 bits per heavy atom. The van der Waals surface area contributed by atoms with Crippen LogP contribution in [0.15, 0.2) is 6.20 Å². The van der Waals surface area contributed by atoms with Gasteiger partial charge in [0, 0.05) is 13.6 Å². The van der Waals surface area contributed by atoms with Crippen molar-refractivity contribution in [1.29, 1.82) is 0 Å². The molecule has 10 nitrogen and oxygen atoms in total. The number of hydrogen-bond acceptors (Lipinski definition) is 8. The summed E-state index contributed by atoms with van der Waals surface area (Å²) in [6, 6.07) is 0. The summed E-state index contributed by atoms with van der Waals surface area (Å²) in [7, 11) is 1.49. The third-order valence-corrected chi connectivity index (χ3v) is 2.48. The molecule has 1 rings (SSSR count). The molecule has 0 unspecified atom stereocenters. The minimum Gasteiger partial charge on any atom is -0.358 e. The van der Waals surface area contributed by atoms with Crippen molar-refractivity contribution in [2.45, 2.75) is 13.3 Å². The summed E-state index contributed by atoms with van der Waals surface area (Å²) in [4.78, 5) is 31.1. The maximum absolute atomic E-state index is 11.5. The molecule has 0 aliphatic heterocycles. The van der Waals surface area contributed by atoms with Crippen molar-refractivity contribution in [3.05, 3.63) is 16.3 Å². The average molecular weight is 283 g/mol. The number of amides is 1. The van der Waals surface area contributed by atoms with Crippen molar-refractivity contribution >= 4 is 23.4 Å². The third-order valence-electron chi connectivity index (χ3n) is 2.48. The highest BCUT2D eigenvalue weighted by Gasteiger charge is 2.23. The van der Waals surface area contributed by atoms with E-state index in [2.05, 4.69) is 20.7 Å². The maximum Gasteiger partial charge on any atom is 0.329 e. The molecule has 1 amide bonds. The SMILES string of the molecule is CCCN(CC(=O)NC)c1nc(NN)ncc1[N+](=O)[O-]. The zero-order chi connectivity index (χ0) is 15.1. The molecule has 1 aromatic rings. The number of nitrogen functional groups attached to an aromatic ring is 1. The molecule has 0 saturated heterocycles. The lowest BCUT2D eigenvalue weighted by atomic mass is 10.3. The van der Waals surface area contributed by atoms with Crippen molar-refractivity contribution in [2.75, 3.05) is 30.5 Å². The minimum atomic E-state index is -0.595. The maximum atomic E-state index is 11.5. The first-order valence-electron chi connectivity index (χ1n) is 5.97. The van der Waals surface area contributed by atoms with Crippen LogP contribution in [0, 0.1) is 10.1 Å². The standard InChI is InChI=1S/C10H17N7O3/c1-3-4-16(6-8(18)12-2)9-7(17(19)20)5-13-10(14-9)15-11/h5H,3-4,6,11H2,1-2H3,(H,12,18)(H,13,14,15). The molecular formula is C10H17N7O3. The van der Waals surface area contributed by atoms with Gasteiger partial charge in [0.2, 0.25) is 17.7 Å². The summed E-state index contributed by atoms with van der Waals surface area (Å²) >= 11 is 0. The van der Waals surface area contributed by atoms with Gasteiger partial charge in [0.05, 0.1) is 11.5 Å². The van der Waals surface area contributed by atoms with Gasteiger partial charge >= 0.3 is 5.69 Å². The van der Waals surface area contributed by atoms with Gasteiger partial charge in [-0.2, -0.15) is 4.98 Å². The van der Waals surface area contributed by atoms with Gasteiger partial charge in [0.1, 0.15) is 6.20 Å². The van der Waals surface area contributed by atoms with Crippen molar-refractivity contribution in [2.24, 2.45) is 5.84 Å². The molecule has 0 bridgehead atoms. The molecule has 10 heteroatoms. The second-order valence-electron chi connectivity index (χ2n) is 3.90. The van der Waals surface area contributed by atoms with E-state index in [0.717, 1.165) is 6.20 Å². The van der Waals surface area contributed by atoms with Crippen LogP contribution in [0.4, 0.5) is 17.5 Å². The van der Waals surface area contributed by atoms with Crippen LogP contribution in [0.1, 0.15) is 13.3 Å². The van der Waals surface area contributed by atoms with E-state index in [1.807, 2.05) is 6.92 Å². The van der Waals surface area contributed by atoms with Gasteiger partial charge < -0.3 is 10.2 Å². The summed E-state index contributed by atoms with van der Waals surface area (Å²) < 4.78 is 0. The monoisotopic (exact) mass is 283 g/mol. The Hall–Kier alpha value is -2.49. The number of nitro groups is 1. The van der Waals surface area contributed by atoms with Gasteiger partial charge in [0.15, 0.2) is 0 Å². The number of anilines is 2. The zero-order valence-corrected chi connectivity index (χ0v) is 11.3. The van der Waals surface area contributed by atoms with Crippen molar-refractivity contribution in [3.63, 3.8) is 0 Å². The molecule has 4 N–H and O–H groups in total. The van der Waals surface area contributed by atoms with Gasteiger partial charge in [0.25, 0.3) is 0 Å². The average Bonchev–Trinajstić information content (AvgIpc) is 2.45. The fourth-order valence-corrected chi connectivity index (χ4v) is 1.58. The predicted molar refractivity (Wildman–Crippen MR) is 73.1 cm³/mol. The number of carbonyl (C=O) groups is 1. The largest absolute Gasteiger partial charge is 0.358 e. The summed E-state index contributed by atoms with van der Waals surface area (Å²) in [6.45, 7) is 2.30. The lowest BCUT2D eigenvalue weighted by molar-refractivity contribution is -0.384. The van der Waals surface area contributed by atoms with Crippen LogP contribution in [0.25, 0.3) is 0 Å². The summed E-state index contributed by atoms with van der Waals surface area (Å²) in [6.07, 6.45) is 1.76. The summed E-state index contributed by atoms with van der Waals surface area (Å²) in [5.74, 6) is 5.04. The number of aromatic nitrogens is 2. The van der Waals surface area contributed by atoms with Crippen molar-refractivity contribution in [3.8, 4) is 0 Å². The van der Waals surface area contributed by atoms with Crippen LogP contribution < -0.4 is 21.5 Å². The summed E-state index contributed by atoms with van der Waals surface area (Å²) in [5, 5.41) is 13.5. The number of likely N-dealkylation sites (N-methyl/N-ethyl adjacent to an activating group) is 1. The highest BCUT2D eigenvalue weighted by atomic mass is 16.6. The number of carbonyl (C=O) groups excluding carboxylic acids is 1. The molecule has 0 saturated carbocycles. The predicted octanol–water partition coefficient (Wildman–Crippen LogP) is -0.367. The van der Waals surface area contributed by atoms with Gasteiger partial charge in [-0.1, -0.05) is 6.92 Å². The first kappa shape index (κ1) is 15.6. The van der Waals surface area contributed by atoms with Crippen LogP contribution >= 0.6 is 0 Å². The van der Waals surface area contributed by atoms with E-state index in [4.69, 9.17) is 5.84 Å². The summed E-state index contributed by atoms with van der Waals surface area (Å²) in [5.41, 5.74) is 1.95. The number of rotatable bonds is 7. The minimum absolute atomic E-state index is 0.0355. The Morgan fingerprint density at radius 2 is 2.30 bits per heavy atom. The van der Waals surface area contributed by atoms with Crippen LogP contribution in [0.3, 0.4) is 0 Å². The molecule has 20 heavy (non-hydrogen) atoms. The number of nitrogens with two attached hydrogens (primary N) is 1. The van der Waals surface area contributed by atoms with E-state index >= 15 is 0 Å². The van der Waals surface area contributed by atoms with E-state index in [-0.39, 0.29) is 29.9 Å². The molecule has 110 valence electrons. The molecule has 0 aromatic carbocycles. The second kappa shape index (κ2) is 7.19. The Balaban J connectivity index is 3.21. The lowest BCUT2D eigenvalue weighted by Gasteiger charge is -2.21. The molecule has 0 aliphatic carbocycles. The lowest BCUT2D eigenvalue weighted by Crippen LogP contribution is -2.37. The first-order valence-corrected chi connectivity index (χ1v) is 5.97. The number of nitrogens with one attached hydrogen (secondary N) is 2. The molecule has 0 radical (unpaired) electrons. The Bertz CT molecular complexity index is 494. The molecule has 0 spiro atoms. The molecule has 0 aliphatic rings. The van der Waals surface area contributed by atoms with Gasteiger partial charge in [-0.3, -0.25) is 20.3 Å². The Kier molecular flexibility index (Phi) is 5.59. The molecule has 0 fully saturated rings. The van der Waals surface area contributed by atoms with Gasteiger partial charge in [-0.25, -0.2) is 10.8 Å². The molecule has 1 aromatic heterocycles. The van der Waals surface area contributed by atoms with E-state index in [9.17, 15) is 14.9 Å². The molecular weight excluding hydrogens is 266 g/mol. The number of hydrogen-bond donors (Lipinski definition) is 3.